The van der Waals surface area contributed by atoms with E-state index in [1.54, 1.807) is 0 Å². The molecule has 7 aromatic rings. The lowest BCUT2D eigenvalue weighted by Gasteiger charge is -2.24. The molecule has 0 bridgehead atoms. The van der Waals surface area contributed by atoms with Crippen LogP contribution in [0.25, 0.3) is 61.3 Å². The number of rotatable bonds is 5. The Bertz CT molecular complexity index is 2030. The van der Waals surface area contributed by atoms with E-state index in [9.17, 15) is 0 Å². The molecular formula is C37H33N3O. The zero-order valence-corrected chi connectivity index (χ0v) is 24.1. The third-order valence-corrected chi connectivity index (χ3v) is 8.05. The highest BCUT2D eigenvalue weighted by Gasteiger charge is 2.25. The smallest absolute Gasteiger partial charge is 0.178 e. The van der Waals surface area contributed by atoms with Gasteiger partial charge in [-0.3, -0.25) is 4.57 Å². The van der Waals surface area contributed by atoms with Crippen molar-refractivity contribution < 1.29 is 4.42 Å². The number of pyridine rings is 1. The first-order valence-corrected chi connectivity index (χ1v) is 14.4. The Morgan fingerprint density at radius 3 is 2.07 bits per heavy atom. The van der Waals surface area contributed by atoms with Crippen LogP contribution in [0, 0.1) is 6.92 Å². The summed E-state index contributed by atoms with van der Waals surface area (Å²) < 4.78 is 8.84. The third-order valence-electron chi connectivity index (χ3n) is 8.05. The molecule has 0 radical (unpaired) electrons. The van der Waals surface area contributed by atoms with Crippen LogP contribution in [0.3, 0.4) is 0 Å². The van der Waals surface area contributed by atoms with Crippen LogP contribution in [0.4, 0.5) is 0 Å². The SMILES string of the molecule is Cc1ccc2c(n1)nc(-c1cccc3c1oc1ccccc13)n2-c1c(C(C)C)cc(-c2ccccc2)cc1C(C)C. The van der Waals surface area contributed by atoms with Gasteiger partial charge in [-0.1, -0.05) is 88.4 Å². The third kappa shape index (κ3) is 4.13. The van der Waals surface area contributed by atoms with E-state index < -0.39 is 0 Å². The number of benzene rings is 4. The van der Waals surface area contributed by atoms with Gasteiger partial charge in [0.1, 0.15) is 11.2 Å². The van der Waals surface area contributed by atoms with Crippen molar-refractivity contribution in [2.45, 2.75) is 46.5 Å². The van der Waals surface area contributed by atoms with Gasteiger partial charge in [0.2, 0.25) is 0 Å². The van der Waals surface area contributed by atoms with Crippen LogP contribution >= 0.6 is 0 Å². The van der Waals surface area contributed by atoms with Crippen molar-refractivity contribution in [1.29, 1.82) is 0 Å². The second kappa shape index (κ2) is 9.74. The van der Waals surface area contributed by atoms with Crippen LogP contribution in [0.5, 0.6) is 0 Å². The second-order valence-electron chi connectivity index (χ2n) is 11.5. The van der Waals surface area contributed by atoms with E-state index in [4.69, 9.17) is 14.4 Å². The fourth-order valence-electron chi connectivity index (χ4n) is 6.00. The van der Waals surface area contributed by atoms with Gasteiger partial charge in [-0.25, -0.2) is 9.97 Å². The summed E-state index contributed by atoms with van der Waals surface area (Å²) in [5.74, 6) is 1.42. The molecule has 0 aliphatic heterocycles. The Balaban J connectivity index is 1.61. The molecule has 4 heteroatoms. The largest absolute Gasteiger partial charge is 0.455 e. The van der Waals surface area contributed by atoms with E-state index in [1.807, 2.05) is 19.1 Å². The molecule has 41 heavy (non-hydrogen) atoms. The molecule has 0 unspecified atom stereocenters. The molecule has 3 aromatic heterocycles. The lowest BCUT2D eigenvalue weighted by molar-refractivity contribution is 0.669. The Morgan fingerprint density at radius 1 is 0.659 bits per heavy atom. The summed E-state index contributed by atoms with van der Waals surface area (Å²) in [7, 11) is 0. The Morgan fingerprint density at radius 2 is 1.34 bits per heavy atom. The first-order valence-electron chi connectivity index (χ1n) is 14.4. The minimum absolute atomic E-state index is 0.289. The summed E-state index contributed by atoms with van der Waals surface area (Å²) in [6.07, 6.45) is 0. The molecular weight excluding hydrogens is 502 g/mol. The second-order valence-corrected chi connectivity index (χ2v) is 11.5. The standard InChI is InChI=1S/C37H33N3O/c1-22(2)30-20-26(25-12-7-6-8-13-25)21-31(23(3)4)34(30)40-32-19-18-24(5)38-36(32)39-37(40)29-16-11-15-28-27-14-9-10-17-33(27)41-35(28)29/h6-23H,1-5H3. The van der Waals surface area contributed by atoms with Crippen LogP contribution in [-0.4, -0.2) is 14.5 Å². The Kier molecular flexibility index (Phi) is 6.01. The van der Waals surface area contributed by atoms with Gasteiger partial charge in [0.15, 0.2) is 11.5 Å². The van der Waals surface area contributed by atoms with Gasteiger partial charge in [-0.15, -0.1) is 0 Å². The van der Waals surface area contributed by atoms with Crippen molar-refractivity contribution >= 4 is 33.1 Å². The first kappa shape index (κ1) is 25.3. The summed E-state index contributed by atoms with van der Waals surface area (Å²) in [5, 5.41) is 2.20. The zero-order valence-electron chi connectivity index (χ0n) is 24.1. The summed E-state index contributed by atoms with van der Waals surface area (Å²) >= 11 is 0. The van der Waals surface area contributed by atoms with Crippen LogP contribution in [0.1, 0.15) is 56.4 Å². The molecule has 0 aliphatic rings. The highest BCUT2D eigenvalue weighted by Crippen LogP contribution is 2.42. The summed E-state index contributed by atoms with van der Waals surface area (Å²) in [6, 6.07) is 34.2. The molecule has 0 fully saturated rings. The van der Waals surface area contributed by atoms with E-state index in [1.165, 1.54) is 27.9 Å². The highest BCUT2D eigenvalue weighted by molar-refractivity contribution is 6.09. The van der Waals surface area contributed by atoms with Crippen molar-refractivity contribution in [3.8, 4) is 28.2 Å². The minimum atomic E-state index is 0.289. The quantitative estimate of drug-likeness (QED) is 0.220. The number of fused-ring (bicyclic) bond motifs is 4. The van der Waals surface area contributed by atoms with Gasteiger partial charge in [-0.05, 0) is 77.4 Å². The van der Waals surface area contributed by atoms with E-state index in [0.717, 1.165) is 50.2 Å². The van der Waals surface area contributed by atoms with Crippen LogP contribution in [0.15, 0.2) is 101 Å². The number of aromatic nitrogens is 3. The molecule has 0 spiro atoms. The molecule has 0 N–H and O–H groups in total. The van der Waals surface area contributed by atoms with Crippen molar-refractivity contribution in [3.63, 3.8) is 0 Å². The maximum atomic E-state index is 6.51. The number of nitrogens with zero attached hydrogens (tertiary/aromatic N) is 3. The van der Waals surface area contributed by atoms with E-state index >= 15 is 0 Å². The molecule has 7 rings (SSSR count). The van der Waals surface area contributed by atoms with Crippen molar-refractivity contribution in [3.05, 3.63) is 114 Å². The minimum Gasteiger partial charge on any atom is -0.455 e. The monoisotopic (exact) mass is 535 g/mol. The first-order chi connectivity index (χ1) is 19.9. The van der Waals surface area contributed by atoms with Crippen LogP contribution in [0.2, 0.25) is 0 Å². The average Bonchev–Trinajstić information content (AvgIpc) is 3.55. The summed E-state index contributed by atoms with van der Waals surface area (Å²) in [5.41, 5.74) is 11.6. The maximum Gasteiger partial charge on any atom is 0.178 e. The molecule has 0 aliphatic carbocycles. The topological polar surface area (TPSA) is 43.9 Å². The summed E-state index contributed by atoms with van der Waals surface area (Å²) in [6.45, 7) is 11.1. The summed E-state index contributed by atoms with van der Waals surface area (Å²) in [4.78, 5) is 10.1. The number of aryl methyl sites for hydroxylation is 1. The Labute approximate surface area is 240 Å². The van der Waals surface area contributed by atoms with Gasteiger partial charge in [0.25, 0.3) is 0 Å². The molecule has 4 aromatic carbocycles. The van der Waals surface area contributed by atoms with Gasteiger partial charge in [0, 0.05) is 16.5 Å². The lowest BCUT2D eigenvalue weighted by atomic mass is 9.88. The molecule has 202 valence electrons. The van der Waals surface area contributed by atoms with E-state index in [2.05, 4.69) is 117 Å². The van der Waals surface area contributed by atoms with Crippen molar-refractivity contribution in [1.82, 2.24) is 14.5 Å². The molecule has 4 nitrogen and oxygen atoms in total. The molecule has 0 saturated carbocycles. The van der Waals surface area contributed by atoms with Gasteiger partial charge < -0.3 is 4.42 Å². The lowest BCUT2D eigenvalue weighted by Crippen LogP contribution is -2.09. The predicted molar refractivity (Wildman–Crippen MR) is 170 cm³/mol. The zero-order chi connectivity index (χ0) is 28.2. The Hall–Kier alpha value is -4.70. The van der Waals surface area contributed by atoms with Crippen molar-refractivity contribution in [2.24, 2.45) is 0 Å². The molecule has 3 heterocycles. The van der Waals surface area contributed by atoms with Crippen molar-refractivity contribution in [2.75, 3.05) is 0 Å². The van der Waals surface area contributed by atoms with Gasteiger partial charge in [-0.2, -0.15) is 0 Å². The molecule has 0 saturated heterocycles. The number of furan rings is 1. The number of imidazole rings is 1. The van der Waals surface area contributed by atoms with Crippen LogP contribution in [-0.2, 0) is 0 Å². The molecule has 0 atom stereocenters. The fraction of sp³-hybridized carbons (Fsp3) is 0.189. The molecule has 0 amide bonds. The maximum absolute atomic E-state index is 6.51. The van der Waals surface area contributed by atoms with E-state index in [0.29, 0.717) is 0 Å². The van der Waals surface area contributed by atoms with Crippen LogP contribution < -0.4 is 0 Å². The fourth-order valence-corrected chi connectivity index (χ4v) is 6.00. The number of para-hydroxylation sites is 2. The number of hydrogen-bond donors (Lipinski definition) is 0. The average molecular weight is 536 g/mol. The van der Waals surface area contributed by atoms with Gasteiger partial charge in [0.05, 0.1) is 16.8 Å². The van der Waals surface area contributed by atoms with Gasteiger partial charge >= 0.3 is 0 Å². The highest BCUT2D eigenvalue weighted by atomic mass is 16.3. The van der Waals surface area contributed by atoms with E-state index in [-0.39, 0.29) is 11.8 Å². The normalized spacial score (nSPS) is 12.0. The number of hydrogen-bond acceptors (Lipinski definition) is 3. The predicted octanol–water partition coefficient (Wildman–Crippen LogP) is 10.2.